The van der Waals surface area contributed by atoms with E-state index in [0.29, 0.717) is 11.3 Å². The van der Waals surface area contributed by atoms with Crippen LogP contribution in [0.3, 0.4) is 0 Å². The van der Waals surface area contributed by atoms with Gasteiger partial charge in [-0.2, -0.15) is 13.2 Å². The lowest BCUT2D eigenvalue weighted by molar-refractivity contribution is -0.268. The third-order valence-corrected chi connectivity index (χ3v) is 3.19. The maximum Gasteiger partial charge on any atom is 0.434 e. The van der Waals surface area contributed by atoms with E-state index in [0.717, 1.165) is 18.0 Å². The molecule has 1 heterocycles. The Morgan fingerprint density at radius 2 is 2.04 bits per heavy atom. The number of benzene rings is 1. The number of carbonyl (C=O) groups excluding carboxylic acids is 1. The monoisotopic (exact) mass is 330 g/mol. The summed E-state index contributed by atoms with van der Waals surface area (Å²) in [6.07, 6.45) is -4.50. The highest BCUT2D eigenvalue weighted by atomic mass is 19.4. The van der Waals surface area contributed by atoms with Crippen molar-refractivity contribution in [2.75, 3.05) is 12.8 Å². The first kappa shape index (κ1) is 16.7. The first-order valence-corrected chi connectivity index (χ1v) is 6.31. The molecule has 0 saturated carbocycles. The molecule has 2 rings (SSSR count). The van der Waals surface area contributed by atoms with E-state index in [1.54, 1.807) is 24.3 Å². The van der Waals surface area contributed by atoms with Gasteiger partial charge in [-0.3, -0.25) is 0 Å². The molecular weight excluding hydrogens is 317 g/mol. The minimum absolute atomic E-state index is 0.0226. The van der Waals surface area contributed by atoms with E-state index in [1.165, 1.54) is 0 Å². The number of rotatable bonds is 4. The molecule has 0 aliphatic rings. The van der Waals surface area contributed by atoms with Gasteiger partial charge in [-0.05, 0) is 11.6 Å². The van der Waals surface area contributed by atoms with Crippen LogP contribution in [0.15, 0.2) is 30.5 Å². The largest absolute Gasteiger partial charge is 0.466 e. The highest BCUT2D eigenvalue weighted by Gasteiger charge is 2.64. The van der Waals surface area contributed by atoms with Gasteiger partial charge in [-0.15, -0.1) is 5.10 Å². The molecule has 0 aliphatic carbocycles. The quantitative estimate of drug-likeness (QED) is 0.636. The number of para-hydroxylation sites is 1. The second-order valence-electron chi connectivity index (χ2n) is 4.70. The van der Waals surface area contributed by atoms with Crippen molar-refractivity contribution in [2.45, 2.75) is 18.3 Å². The van der Waals surface area contributed by atoms with Gasteiger partial charge in [0, 0.05) is 5.69 Å². The van der Waals surface area contributed by atoms with Crippen LogP contribution in [0.4, 0.5) is 18.9 Å². The van der Waals surface area contributed by atoms with E-state index in [4.69, 9.17) is 5.73 Å². The molecule has 0 spiro atoms. The molecule has 1 aromatic heterocycles. The van der Waals surface area contributed by atoms with Crippen molar-refractivity contribution in [3.63, 3.8) is 0 Å². The van der Waals surface area contributed by atoms with Gasteiger partial charge in [0.05, 0.1) is 19.9 Å². The first-order chi connectivity index (χ1) is 10.7. The Balaban J connectivity index is 2.37. The summed E-state index contributed by atoms with van der Waals surface area (Å²) in [5.74, 6) is -1.89. The summed E-state index contributed by atoms with van der Waals surface area (Å²) in [4.78, 5) is 11.4. The number of aromatic nitrogens is 3. The van der Waals surface area contributed by atoms with E-state index >= 15 is 0 Å². The number of carbonyl (C=O) groups is 1. The molecule has 0 radical (unpaired) electrons. The molecule has 10 heteroatoms. The number of ether oxygens (including phenoxy) is 1. The Morgan fingerprint density at radius 1 is 1.39 bits per heavy atom. The van der Waals surface area contributed by atoms with Crippen LogP contribution in [-0.2, 0) is 21.7 Å². The number of nitrogen functional groups attached to an aromatic ring is 1. The molecule has 7 nitrogen and oxygen atoms in total. The second kappa shape index (κ2) is 5.88. The number of aliphatic hydroxyl groups is 1. The van der Waals surface area contributed by atoms with E-state index < -0.39 is 23.4 Å². The van der Waals surface area contributed by atoms with Crippen molar-refractivity contribution in [1.82, 2.24) is 15.0 Å². The van der Waals surface area contributed by atoms with Crippen molar-refractivity contribution >= 4 is 11.7 Å². The average Bonchev–Trinajstić information content (AvgIpc) is 2.95. The number of methoxy groups -OCH3 is 1. The normalized spacial score (nSPS) is 14.3. The zero-order valence-corrected chi connectivity index (χ0v) is 11.9. The lowest BCUT2D eigenvalue weighted by Gasteiger charge is -2.25. The zero-order valence-electron chi connectivity index (χ0n) is 11.9. The predicted octanol–water partition coefficient (Wildman–Crippen LogP) is 0.831. The minimum atomic E-state index is -5.31. The fourth-order valence-corrected chi connectivity index (χ4v) is 1.91. The molecule has 0 fully saturated rings. The van der Waals surface area contributed by atoms with Gasteiger partial charge >= 0.3 is 17.7 Å². The number of nitrogens with two attached hydrogens (primary N) is 1. The smallest absolute Gasteiger partial charge is 0.434 e. The van der Waals surface area contributed by atoms with Crippen LogP contribution >= 0.6 is 0 Å². The summed E-state index contributed by atoms with van der Waals surface area (Å²) >= 11 is 0. The number of nitrogens with zero attached hydrogens (tertiary/aromatic N) is 3. The molecule has 0 aliphatic heterocycles. The van der Waals surface area contributed by atoms with Gasteiger partial charge in [0.2, 0.25) is 0 Å². The van der Waals surface area contributed by atoms with Gasteiger partial charge < -0.3 is 15.6 Å². The van der Waals surface area contributed by atoms with Crippen molar-refractivity contribution in [1.29, 1.82) is 0 Å². The molecular formula is C13H13F3N4O3. The summed E-state index contributed by atoms with van der Waals surface area (Å²) in [6, 6.07) is 6.68. The molecule has 1 unspecified atom stereocenters. The number of hydrogen-bond donors (Lipinski definition) is 2. The van der Waals surface area contributed by atoms with Gasteiger partial charge in [-0.1, -0.05) is 23.4 Å². The van der Waals surface area contributed by atoms with Crippen LogP contribution in [0.1, 0.15) is 11.3 Å². The van der Waals surface area contributed by atoms with E-state index in [1.807, 2.05) is 0 Å². The van der Waals surface area contributed by atoms with Crippen LogP contribution in [0.5, 0.6) is 0 Å². The molecule has 1 aromatic carbocycles. The fourth-order valence-electron chi connectivity index (χ4n) is 1.91. The van der Waals surface area contributed by atoms with Crippen molar-refractivity contribution in [3.8, 4) is 0 Å². The van der Waals surface area contributed by atoms with Crippen molar-refractivity contribution < 1.29 is 27.8 Å². The molecule has 3 N–H and O–H groups in total. The van der Waals surface area contributed by atoms with E-state index in [9.17, 15) is 23.1 Å². The van der Waals surface area contributed by atoms with Crippen LogP contribution in [0.25, 0.3) is 0 Å². The van der Waals surface area contributed by atoms with Gasteiger partial charge in [0.25, 0.3) is 0 Å². The van der Waals surface area contributed by atoms with Crippen LogP contribution in [0, 0.1) is 0 Å². The first-order valence-electron chi connectivity index (χ1n) is 6.31. The van der Waals surface area contributed by atoms with E-state index in [2.05, 4.69) is 15.0 Å². The molecule has 124 valence electrons. The highest BCUT2D eigenvalue weighted by Crippen LogP contribution is 2.38. The lowest BCUT2D eigenvalue weighted by atomic mass is 10.00. The number of anilines is 1. The number of alkyl halides is 3. The third kappa shape index (κ3) is 2.97. The number of esters is 1. The van der Waals surface area contributed by atoms with Crippen LogP contribution in [0.2, 0.25) is 0 Å². The topological polar surface area (TPSA) is 103 Å². The standard InChI is InChI=1S/C13H13F3N4O3/c1-23-11(21)12(22,13(14,15)16)10-7-20(19-18-10)6-8-4-2-3-5-9(8)17/h2-5,7,22H,6,17H2,1H3. The summed E-state index contributed by atoms with van der Waals surface area (Å²) < 4.78 is 44.3. The number of hydrogen-bond acceptors (Lipinski definition) is 6. The predicted molar refractivity (Wildman–Crippen MR) is 71.9 cm³/mol. The highest BCUT2D eigenvalue weighted by molar-refractivity contribution is 5.81. The molecule has 0 bridgehead atoms. The summed E-state index contributed by atoms with van der Waals surface area (Å²) in [5, 5.41) is 16.5. The van der Waals surface area contributed by atoms with Crippen molar-refractivity contribution in [3.05, 3.63) is 41.7 Å². The number of halogens is 3. The summed E-state index contributed by atoms with van der Waals surface area (Å²) in [5.41, 5.74) is 1.88. The van der Waals surface area contributed by atoms with Gasteiger partial charge in [-0.25, -0.2) is 9.48 Å². The SMILES string of the molecule is COC(=O)C(O)(c1cn(Cc2ccccc2N)nn1)C(F)(F)F. The Hall–Kier alpha value is -2.62. The molecule has 23 heavy (non-hydrogen) atoms. The van der Waals surface area contributed by atoms with Crippen LogP contribution < -0.4 is 5.73 Å². The minimum Gasteiger partial charge on any atom is -0.466 e. The van der Waals surface area contributed by atoms with Gasteiger partial charge in [0.15, 0.2) is 0 Å². The average molecular weight is 330 g/mol. The fraction of sp³-hybridized carbons (Fsp3) is 0.308. The molecule has 1 atom stereocenters. The summed E-state index contributed by atoms with van der Waals surface area (Å²) in [7, 11) is 0.730. The maximum absolute atomic E-state index is 13.1. The lowest BCUT2D eigenvalue weighted by Crippen LogP contribution is -2.50. The van der Waals surface area contributed by atoms with Crippen LogP contribution in [-0.4, -0.2) is 39.4 Å². The van der Waals surface area contributed by atoms with Crippen molar-refractivity contribution in [2.24, 2.45) is 0 Å². The Labute approximate surface area is 128 Å². The molecule has 0 saturated heterocycles. The summed E-state index contributed by atoms with van der Waals surface area (Å²) in [6.45, 7) is 0.0226. The zero-order chi connectivity index (χ0) is 17.3. The molecule has 0 amide bonds. The van der Waals surface area contributed by atoms with E-state index in [-0.39, 0.29) is 6.54 Å². The Morgan fingerprint density at radius 3 is 2.61 bits per heavy atom. The molecule has 2 aromatic rings. The third-order valence-electron chi connectivity index (χ3n) is 3.19. The Kier molecular flexibility index (Phi) is 4.28. The Bertz CT molecular complexity index is 716. The van der Waals surface area contributed by atoms with Gasteiger partial charge in [0.1, 0.15) is 5.69 Å². The maximum atomic E-state index is 13.1. The second-order valence-corrected chi connectivity index (χ2v) is 4.70.